The van der Waals surface area contributed by atoms with Gasteiger partial charge in [0, 0.05) is 11.6 Å². The fraction of sp³-hybridized carbons (Fsp3) is 0.111. The molecule has 0 fully saturated rings. The zero-order chi connectivity index (χ0) is 16.3. The van der Waals surface area contributed by atoms with Crippen molar-refractivity contribution in [2.24, 2.45) is 0 Å². The highest BCUT2D eigenvalue weighted by molar-refractivity contribution is 7.88. The Morgan fingerprint density at radius 3 is 2.48 bits per heavy atom. The summed E-state index contributed by atoms with van der Waals surface area (Å²) in [6, 6.07) is 20.7. The molecule has 0 unspecified atom stereocenters. The first-order valence-electron chi connectivity index (χ1n) is 7.22. The first-order chi connectivity index (χ1) is 11.0. The summed E-state index contributed by atoms with van der Waals surface area (Å²) in [4.78, 5) is 0. The van der Waals surface area contributed by atoms with Crippen LogP contribution in [-0.4, -0.2) is 8.42 Å². The van der Waals surface area contributed by atoms with Crippen molar-refractivity contribution in [2.75, 3.05) is 0 Å². The molecular formula is C18H16ClNO2S. The second-order valence-electron chi connectivity index (χ2n) is 5.35. The van der Waals surface area contributed by atoms with Gasteiger partial charge in [0.1, 0.15) is 0 Å². The van der Waals surface area contributed by atoms with E-state index in [9.17, 15) is 8.42 Å². The molecule has 0 bridgehead atoms. The molecule has 3 rings (SSSR count). The Balaban J connectivity index is 1.76. The van der Waals surface area contributed by atoms with E-state index in [0.717, 1.165) is 16.3 Å². The predicted octanol–water partition coefficient (Wildman–Crippen LogP) is 4.11. The number of fused-ring (bicyclic) bond motifs is 1. The second-order valence-corrected chi connectivity index (χ2v) is 7.59. The SMILES string of the molecule is O=S(=O)(Cc1cccc(Cl)c1)NCc1cccc2ccccc12. The zero-order valence-electron chi connectivity index (χ0n) is 12.4. The zero-order valence-corrected chi connectivity index (χ0v) is 13.9. The van der Waals surface area contributed by atoms with Crippen LogP contribution in [0.3, 0.4) is 0 Å². The van der Waals surface area contributed by atoms with Crippen molar-refractivity contribution in [1.82, 2.24) is 4.72 Å². The smallest absolute Gasteiger partial charge is 0.212 e. The minimum absolute atomic E-state index is 0.0850. The van der Waals surface area contributed by atoms with E-state index >= 15 is 0 Å². The van der Waals surface area contributed by atoms with Gasteiger partial charge in [0.2, 0.25) is 10.0 Å². The standard InChI is InChI=1S/C18H16ClNO2S/c19-17-9-3-5-14(11-17)13-23(21,22)20-12-16-8-4-7-15-6-1-2-10-18(15)16/h1-11,20H,12-13H2. The molecular weight excluding hydrogens is 330 g/mol. The summed E-state index contributed by atoms with van der Waals surface area (Å²) in [5.74, 6) is -0.0850. The number of sulfonamides is 1. The van der Waals surface area contributed by atoms with Crippen molar-refractivity contribution < 1.29 is 8.42 Å². The van der Waals surface area contributed by atoms with Gasteiger partial charge in [-0.05, 0) is 34.0 Å². The number of benzene rings is 3. The first kappa shape index (κ1) is 16.0. The third-order valence-electron chi connectivity index (χ3n) is 3.61. The molecule has 0 heterocycles. The Morgan fingerprint density at radius 2 is 1.65 bits per heavy atom. The quantitative estimate of drug-likeness (QED) is 0.756. The number of hydrogen-bond donors (Lipinski definition) is 1. The van der Waals surface area contributed by atoms with Gasteiger partial charge in [-0.3, -0.25) is 0 Å². The number of halogens is 1. The second kappa shape index (κ2) is 6.71. The van der Waals surface area contributed by atoms with Crippen molar-refractivity contribution in [2.45, 2.75) is 12.3 Å². The predicted molar refractivity (Wildman–Crippen MR) is 94.9 cm³/mol. The molecule has 0 radical (unpaired) electrons. The maximum absolute atomic E-state index is 12.3. The molecule has 5 heteroatoms. The van der Waals surface area contributed by atoms with Gasteiger partial charge in [0.25, 0.3) is 0 Å². The van der Waals surface area contributed by atoms with Crippen LogP contribution in [0.4, 0.5) is 0 Å². The average Bonchev–Trinajstić information content (AvgIpc) is 2.52. The summed E-state index contributed by atoms with van der Waals surface area (Å²) in [5, 5.41) is 2.69. The summed E-state index contributed by atoms with van der Waals surface area (Å²) < 4.78 is 27.2. The molecule has 1 N–H and O–H groups in total. The van der Waals surface area contributed by atoms with Gasteiger partial charge >= 0.3 is 0 Å². The van der Waals surface area contributed by atoms with Gasteiger partial charge in [0.15, 0.2) is 0 Å². The van der Waals surface area contributed by atoms with E-state index in [4.69, 9.17) is 11.6 Å². The lowest BCUT2D eigenvalue weighted by Gasteiger charge is -2.09. The third-order valence-corrected chi connectivity index (χ3v) is 5.14. The molecule has 0 aliphatic heterocycles. The van der Waals surface area contributed by atoms with E-state index in [2.05, 4.69) is 4.72 Å². The Kier molecular flexibility index (Phi) is 4.66. The Labute approximate surface area is 141 Å². The van der Waals surface area contributed by atoms with Gasteiger partial charge in [0.05, 0.1) is 5.75 Å². The summed E-state index contributed by atoms with van der Waals surface area (Å²) in [6.45, 7) is 0.268. The van der Waals surface area contributed by atoms with Crippen LogP contribution in [0.1, 0.15) is 11.1 Å². The average molecular weight is 346 g/mol. The van der Waals surface area contributed by atoms with Crippen molar-refractivity contribution in [3.05, 3.63) is 82.9 Å². The molecule has 3 aromatic carbocycles. The highest BCUT2D eigenvalue weighted by Gasteiger charge is 2.12. The summed E-state index contributed by atoms with van der Waals surface area (Å²) in [6.07, 6.45) is 0. The van der Waals surface area contributed by atoms with Gasteiger partial charge in [-0.2, -0.15) is 0 Å². The van der Waals surface area contributed by atoms with Gasteiger partial charge in [-0.1, -0.05) is 66.2 Å². The third kappa shape index (κ3) is 4.10. The molecule has 118 valence electrons. The summed E-state index contributed by atoms with van der Waals surface area (Å²) in [5.41, 5.74) is 1.63. The molecule has 3 aromatic rings. The molecule has 23 heavy (non-hydrogen) atoms. The topological polar surface area (TPSA) is 46.2 Å². The number of hydrogen-bond acceptors (Lipinski definition) is 2. The lowest BCUT2D eigenvalue weighted by atomic mass is 10.1. The normalized spacial score (nSPS) is 11.7. The lowest BCUT2D eigenvalue weighted by molar-refractivity contribution is 0.580. The molecule has 0 atom stereocenters. The minimum Gasteiger partial charge on any atom is -0.212 e. The molecule has 0 aliphatic rings. The van der Waals surface area contributed by atoms with E-state index in [-0.39, 0.29) is 12.3 Å². The molecule has 0 saturated heterocycles. The highest BCUT2D eigenvalue weighted by Crippen LogP contribution is 2.19. The molecule has 3 nitrogen and oxygen atoms in total. The van der Waals surface area contributed by atoms with Crippen LogP contribution >= 0.6 is 11.6 Å². The molecule has 0 aliphatic carbocycles. The van der Waals surface area contributed by atoms with Crippen LogP contribution in [0.5, 0.6) is 0 Å². The fourth-order valence-electron chi connectivity index (χ4n) is 2.53. The van der Waals surface area contributed by atoms with Crippen LogP contribution in [0.15, 0.2) is 66.7 Å². The number of nitrogens with one attached hydrogen (secondary N) is 1. The van der Waals surface area contributed by atoms with E-state index in [1.54, 1.807) is 24.3 Å². The maximum Gasteiger partial charge on any atom is 0.216 e. The summed E-state index contributed by atoms with van der Waals surface area (Å²) >= 11 is 5.90. The van der Waals surface area contributed by atoms with E-state index in [1.807, 2.05) is 42.5 Å². The van der Waals surface area contributed by atoms with E-state index < -0.39 is 10.0 Å². The van der Waals surface area contributed by atoms with Gasteiger partial charge in [-0.15, -0.1) is 0 Å². The van der Waals surface area contributed by atoms with Crippen LogP contribution in [0.2, 0.25) is 5.02 Å². The Hall–Kier alpha value is -1.88. The fourth-order valence-corrected chi connectivity index (χ4v) is 3.84. The minimum atomic E-state index is -3.43. The van der Waals surface area contributed by atoms with Crippen molar-refractivity contribution in [3.63, 3.8) is 0 Å². The molecule has 0 spiro atoms. The molecule has 0 aromatic heterocycles. The lowest BCUT2D eigenvalue weighted by Crippen LogP contribution is -2.24. The highest BCUT2D eigenvalue weighted by atomic mass is 35.5. The van der Waals surface area contributed by atoms with Gasteiger partial charge in [-0.25, -0.2) is 13.1 Å². The monoisotopic (exact) mass is 345 g/mol. The molecule has 0 amide bonds. The van der Waals surface area contributed by atoms with E-state index in [0.29, 0.717) is 10.6 Å². The van der Waals surface area contributed by atoms with E-state index in [1.165, 1.54) is 0 Å². The van der Waals surface area contributed by atoms with Crippen LogP contribution < -0.4 is 4.72 Å². The number of rotatable bonds is 5. The maximum atomic E-state index is 12.3. The van der Waals surface area contributed by atoms with Crippen LogP contribution in [-0.2, 0) is 22.3 Å². The van der Waals surface area contributed by atoms with Crippen molar-refractivity contribution >= 4 is 32.4 Å². The largest absolute Gasteiger partial charge is 0.216 e. The van der Waals surface area contributed by atoms with Crippen molar-refractivity contribution in [1.29, 1.82) is 0 Å². The van der Waals surface area contributed by atoms with Crippen molar-refractivity contribution in [3.8, 4) is 0 Å². The van der Waals surface area contributed by atoms with Crippen LogP contribution in [0, 0.1) is 0 Å². The summed E-state index contributed by atoms with van der Waals surface area (Å²) in [7, 11) is -3.43. The Bertz CT molecular complexity index is 933. The van der Waals surface area contributed by atoms with Crippen LogP contribution in [0.25, 0.3) is 10.8 Å². The Morgan fingerprint density at radius 1 is 0.913 bits per heavy atom. The first-order valence-corrected chi connectivity index (χ1v) is 9.25. The van der Waals surface area contributed by atoms with Gasteiger partial charge < -0.3 is 0 Å². The molecule has 0 saturated carbocycles.